The number of hydrogen-bond donors (Lipinski definition) is 1. The Kier molecular flexibility index (Phi) is 2.83. The van der Waals surface area contributed by atoms with Crippen molar-refractivity contribution in [3.8, 4) is 0 Å². The van der Waals surface area contributed by atoms with E-state index in [-0.39, 0.29) is 22.8 Å². The Balaban J connectivity index is 1.56. The van der Waals surface area contributed by atoms with Crippen LogP contribution in [0.4, 0.5) is 4.39 Å². The molecule has 1 aromatic carbocycles. The minimum atomic E-state index is -1.25. The number of amides is 1. The maximum absolute atomic E-state index is 14.4. The second-order valence-electron chi connectivity index (χ2n) is 6.87. The van der Waals surface area contributed by atoms with E-state index in [0.29, 0.717) is 18.0 Å². The molecule has 1 N–H and O–H groups in total. The molecule has 22 heavy (non-hydrogen) atoms. The Hall–Kier alpha value is -1.91. The normalized spacial score (nSPS) is 32.3. The highest BCUT2D eigenvalue weighted by molar-refractivity contribution is 5.90. The number of carboxylic acids is 1. The van der Waals surface area contributed by atoms with Gasteiger partial charge in [-0.3, -0.25) is 4.79 Å². The van der Waals surface area contributed by atoms with Crippen LogP contribution < -0.4 is 0 Å². The Bertz CT molecular complexity index is 666. The summed E-state index contributed by atoms with van der Waals surface area (Å²) >= 11 is 0. The van der Waals surface area contributed by atoms with Crippen LogP contribution in [0.1, 0.15) is 47.5 Å². The molecule has 2 aliphatic carbocycles. The van der Waals surface area contributed by atoms with Gasteiger partial charge < -0.3 is 10.0 Å². The highest BCUT2D eigenvalue weighted by atomic mass is 19.1. The Morgan fingerprint density at radius 1 is 1.32 bits per heavy atom. The zero-order valence-corrected chi connectivity index (χ0v) is 12.2. The molecular formula is C17H18FNO3. The van der Waals surface area contributed by atoms with E-state index >= 15 is 0 Å². The molecule has 1 aromatic rings. The predicted molar refractivity (Wildman–Crippen MR) is 77.1 cm³/mol. The van der Waals surface area contributed by atoms with E-state index < -0.39 is 11.8 Å². The van der Waals surface area contributed by atoms with Crippen molar-refractivity contribution in [2.75, 3.05) is 13.1 Å². The molecule has 4 nitrogen and oxygen atoms in total. The summed E-state index contributed by atoms with van der Waals surface area (Å²) in [5.74, 6) is -1.17. The van der Waals surface area contributed by atoms with E-state index in [1.807, 2.05) is 4.90 Å². The number of carbonyl (C=O) groups is 2. The molecule has 5 heteroatoms. The van der Waals surface area contributed by atoms with Crippen molar-refractivity contribution in [1.29, 1.82) is 0 Å². The minimum absolute atomic E-state index is 0.0522. The highest BCUT2D eigenvalue weighted by Crippen LogP contribution is 2.76. The number of likely N-dealkylation sites (tertiary alicyclic amines) is 1. The zero-order chi connectivity index (χ0) is 15.5. The van der Waals surface area contributed by atoms with Crippen molar-refractivity contribution in [3.63, 3.8) is 0 Å². The molecule has 1 unspecified atom stereocenters. The Morgan fingerprint density at radius 2 is 2.05 bits per heavy atom. The van der Waals surface area contributed by atoms with E-state index in [9.17, 15) is 14.0 Å². The standard InChI is InChI=1S/C17H18FNO3/c18-14-12(4-1-5-13(14)15(20)21)10-3-2-6-19(9-10)16(22)17-7-11(17)8-17/h1,4-5,10-11H,2-3,6-9H2,(H,20,21). The van der Waals surface area contributed by atoms with Crippen LogP contribution in [0.2, 0.25) is 0 Å². The lowest BCUT2D eigenvalue weighted by Crippen LogP contribution is -2.41. The topological polar surface area (TPSA) is 57.6 Å². The lowest BCUT2D eigenvalue weighted by Gasteiger charge is -2.34. The average molecular weight is 303 g/mol. The van der Waals surface area contributed by atoms with Crippen LogP contribution >= 0.6 is 0 Å². The first-order chi connectivity index (χ1) is 10.5. The lowest BCUT2D eigenvalue weighted by molar-refractivity contribution is -0.136. The number of fused-ring (bicyclic) bond motifs is 1. The van der Waals surface area contributed by atoms with Gasteiger partial charge in [0.1, 0.15) is 5.82 Å². The maximum atomic E-state index is 14.4. The number of rotatable bonds is 3. The largest absolute Gasteiger partial charge is 0.478 e. The fourth-order valence-electron chi connectivity index (χ4n) is 3.81. The second kappa shape index (κ2) is 4.54. The zero-order valence-electron chi connectivity index (χ0n) is 12.2. The van der Waals surface area contributed by atoms with Crippen molar-refractivity contribution in [2.24, 2.45) is 11.3 Å². The van der Waals surface area contributed by atoms with Crippen LogP contribution in [0.25, 0.3) is 0 Å². The summed E-state index contributed by atoms with van der Waals surface area (Å²) in [6.07, 6.45) is 3.68. The van der Waals surface area contributed by atoms with E-state index in [0.717, 1.165) is 32.2 Å². The van der Waals surface area contributed by atoms with Crippen LogP contribution in [0.5, 0.6) is 0 Å². The second-order valence-corrected chi connectivity index (χ2v) is 6.87. The monoisotopic (exact) mass is 303 g/mol. The molecule has 1 saturated heterocycles. The molecular weight excluding hydrogens is 285 g/mol. The molecule has 0 radical (unpaired) electrons. The molecule has 0 spiro atoms. The Labute approximate surface area is 127 Å². The van der Waals surface area contributed by atoms with Crippen molar-refractivity contribution in [2.45, 2.75) is 31.6 Å². The van der Waals surface area contributed by atoms with Gasteiger partial charge in [-0.15, -0.1) is 0 Å². The van der Waals surface area contributed by atoms with Gasteiger partial charge in [0.15, 0.2) is 0 Å². The van der Waals surface area contributed by atoms with Crippen LogP contribution in [-0.4, -0.2) is 35.0 Å². The molecule has 1 aliphatic heterocycles. The van der Waals surface area contributed by atoms with Gasteiger partial charge in [0.2, 0.25) is 5.91 Å². The molecule has 0 bridgehead atoms. The van der Waals surface area contributed by atoms with Crippen LogP contribution in [0, 0.1) is 17.2 Å². The van der Waals surface area contributed by atoms with Crippen molar-refractivity contribution < 1.29 is 19.1 Å². The third-order valence-corrected chi connectivity index (χ3v) is 5.52. The van der Waals surface area contributed by atoms with Gasteiger partial charge >= 0.3 is 5.97 Å². The van der Waals surface area contributed by atoms with E-state index in [2.05, 4.69) is 0 Å². The quantitative estimate of drug-likeness (QED) is 0.934. The van der Waals surface area contributed by atoms with Gasteiger partial charge in [0.25, 0.3) is 0 Å². The number of carboxylic acid groups (broad SMARTS) is 1. The van der Waals surface area contributed by atoms with Crippen LogP contribution in [-0.2, 0) is 4.79 Å². The Morgan fingerprint density at radius 3 is 2.68 bits per heavy atom. The lowest BCUT2D eigenvalue weighted by atomic mass is 9.88. The number of piperidine rings is 1. The summed E-state index contributed by atoms with van der Waals surface area (Å²) in [4.78, 5) is 25.4. The first kappa shape index (κ1) is 13.7. The average Bonchev–Trinajstić information content (AvgIpc) is 3.36. The number of nitrogens with zero attached hydrogens (tertiary/aromatic N) is 1. The fourth-order valence-corrected chi connectivity index (χ4v) is 3.81. The molecule has 4 rings (SSSR count). The third-order valence-electron chi connectivity index (χ3n) is 5.52. The van der Waals surface area contributed by atoms with E-state index in [1.165, 1.54) is 6.07 Å². The van der Waals surface area contributed by atoms with Crippen LogP contribution in [0.15, 0.2) is 18.2 Å². The SMILES string of the molecule is O=C(O)c1cccc(C2CCCN(C(=O)C34CC3C4)C2)c1F. The maximum Gasteiger partial charge on any atom is 0.338 e. The van der Waals surface area contributed by atoms with Gasteiger partial charge in [-0.2, -0.15) is 0 Å². The van der Waals surface area contributed by atoms with Gasteiger partial charge in [-0.1, -0.05) is 12.1 Å². The van der Waals surface area contributed by atoms with Crippen LogP contribution in [0.3, 0.4) is 0 Å². The number of hydrogen-bond acceptors (Lipinski definition) is 2. The molecule has 1 heterocycles. The van der Waals surface area contributed by atoms with Gasteiger partial charge in [0.05, 0.1) is 11.0 Å². The van der Waals surface area contributed by atoms with Crippen molar-refractivity contribution in [3.05, 3.63) is 35.1 Å². The number of benzene rings is 1. The number of aromatic carboxylic acids is 1. The first-order valence-electron chi connectivity index (χ1n) is 7.84. The summed E-state index contributed by atoms with van der Waals surface area (Å²) in [6, 6.07) is 4.51. The summed E-state index contributed by atoms with van der Waals surface area (Å²) < 4.78 is 14.4. The summed E-state index contributed by atoms with van der Waals surface area (Å²) in [6.45, 7) is 1.25. The number of halogens is 1. The highest BCUT2D eigenvalue weighted by Gasteiger charge is 2.75. The fraction of sp³-hybridized carbons (Fsp3) is 0.529. The molecule has 3 fully saturated rings. The molecule has 3 aliphatic rings. The van der Waals surface area contributed by atoms with Gasteiger partial charge in [-0.25, -0.2) is 9.18 Å². The van der Waals surface area contributed by atoms with Gasteiger partial charge in [0, 0.05) is 19.0 Å². The van der Waals surface area contributed by atoms with Crippen molar-refractivity contribution >= 4 is 11.9 Å². The first-order valence-corrected chi connectivity index (χ1v) is 7.84. The molecule has 116 valence electrons. The minimum Gasteiger partial charge on any atom is -0.478 e. The number of carbonyl (C=O) groups excluding carboxylic acids is 1. The van der Waals surface area contributed by atoms with Gasteiger partial charge in [-0.05, 0) is 43.2 Å². The molecule has 2 saturated carbocycles. The third kappa shape index (κ3) is 1.95. The van der Waals surface area contributed by atoms with E-state index in [4.69, 9.17) is 5.11 Å². The predicted octanol–water partition coefficient (Wildman–Crippen LogP) is 2.64. The van der Waals surface area contributed by atoms with E-state index in [1.54, 1.807) is 12.1 Å². The smallest absolute Gasteiger partial charge is 0.338 e. The molecule has 0 aromatic heterocycles. The summed E-state index contributed by atoms with van der Waals surface area (Å²) in [5, 5.41) is 9.04. The summed E-state index contributed by atoms with van der Waals surface area (Å²) in [5.41, 5.74) is 0.0885. The molecule has 1 amide bonds. The van der Waals surface area contributed by atoms with Crippen molar-refractivity contribution in [1.82, 2.24) is 4.90 Å². The molecule has 1 atom stereocenters. The summed E-state index contributed by atoms with van der Waals surface area (Å²) in [7, 11) is 0.